The van der Waals surface area contributed by atoms with E-state index in [1.54, 1.807) is 30.3 Å². The number of anilines is 2. The van der Waals surface area contributed by atoms with E-state index in [2.05, 4.69) is 5.32 Å². The lowest BCUT2D eigenvalue weighted by Gasteiger charge is -2.19. The zero-order valence-corrected chi connectivity index (χ0v) is 17.8. The van der Waals surface area contributed by atoms with Crippen LogP contribution in [-0.4, -0.2) is 27.5 Å². The quantitative estimate of drug-likeness (QED) is 0.569. The van der Waals surface area contributed by atoms with Gasteiger partial charge in [-0.3, -0.25) is 9.10 Å². The van der Waals surface area contributed by atoms with E-state index in [1.165, 1.54) is 6.07 Å². The molecule has 0 fully saturated rings. The van der Waals surface area contributed by atoms with Crippen LogP contribution in [0.25, 0.3) is 10.8 Å². The van der Waals surface area contributed by atoms with Gasteiger partial charge >= 0.3 is 6.18 Å². The van der Waals surface area contributed by atoms with Crippen LogP contribution in [0.15, 0.2) is 59.5 Å². The third-order valence-corrected chi connectivity index (χ3v) is 6.81. The van der Waals surface area contributed by atoms with E-state index in [0.29, 0.717) is 22.9 Å². The monoisotopic (exact) mass is 464 g/mol. The number of carbonyl (C=O) groups is 1. The molecule has 3 aromatic rings. The average Bonchev–Trinajstić information content (AvgIpc) is 2.95. The minimum Gasteiger partial charge on any atom is -0.491 e. The van der Waals surface area contributed by atoms with Crippen LogP contribution in [0.2, 0.25) is 0 Å². The van der Waals surface area contributed by atoms with E-state index in [9.17, 15) is 26.4 Å². The minimum atomic E-state index is -4.61. The fourth-order valence-corrected chi connectivity index (χ4v) is 5.26. The summed E-state index contributed by atoms with van der Waals surface area (Å²) in [6.07, 6.45) is -4.00. The van der Waals surface area contributed by atoms with Crippen LogP contribution in [0.4, 0.5) is 24.5 Å². The fraction of sp³-hybridized carbons (Fsp3) is 0.227. The molecule has 1 heterocycles. The Balaban J connectivity index is 1.64. The fourth-order valence-electron chi connectivity index (χ4n) is 3.59. The Morgan fingerprint density at radius 1 is 1.09 bits per heavy atom. The lowest BCUT2D eigenvalue weighted by Crippen LogP contribution is -2.35. The molecule has 0 unspecified atom stereocenters. The number of rotatable bonds is 6. The first-order valence-electron chi connectivity index (χ1n) is 9.81. The molecule has 3 aromatic carbocycles. The van der Waals surface area contributed by atoms with Gasteiger partial charge in [-0.05, 0) is 42.1 Å². The number of carbonyl (C=O) groups excluding carboxylic acids is 1. The molecule has 0 bridgehead atoms. The van der Waals surface area contributed by atoms with E-state index in [0.717, 1.165) is 22.5 Å². The number of alkyl halides is 3. The van der Waals surface area contributed by atoms with Crippen molar-refractivity contribution in [1.29, 1.82) is 0 Å². The normalized spacial score (nSPS) is 14.6. The van der Waals surface area contributed by atoms with Gasteiger partial charge in [0.25, 0.3) is 10.0 Å². The topological polar surface area (TPSA) is 75.7 Å². The highest BCUT2D eigenvalue weighted by Crippen LogP contribution is 2.42. The van der Waals surface area contributed by atoms with Crippen LogP contribution in [0.3, 0.4) is 0 Å². The lowest BCUT2D eigenvalue weighted by atomic mass is 10.1. The van der Waals surface area contributed by atoms with Gasteiger partial charge in [-0.2, -0.15) is 13.2 Å². The van der Waals surface area contributed by atoms with Crippen LogP contribution in [-0.2, 0) is 21.0 Å². The molecule has 0 aliphatic carbocycles. The number of benzene rings is 3. The van der Waals surface area contributed by atoms with Crippen molar-refractivity contribution < 1.29 is 31.1 Å². The van der Waals surface area contributed by atoms with Gasteiger partial charge in [-0.1, -0.05) is 31.2 Å². The van der Waals surface area contributed by atoms with Crippen molar-refractivity contribution in [2.75, 3.05) is 22.8 Å². The molecule has 1 aliphatic rings. The maximum Gasteiger partial charge on any atom is 0.416 e. The smallest absolute Gasteiger partial charge is 0.416 e. The molecule has 32 heavy (non-hydrogen) atoms. The maximum atomic E-state index is 13.2. The number of halogens is 3. The van der Waals surface area contributed by atoms with E-state index in [1.807, 2.05) is 6.92 Å². The largest absolute Gasteiger partial charge is 0.491 e. The number of hydrogen-bond acceptors (Lipinski definition) is 4. The molecule has 0 aromatic heterocycles. The van der Waals surface area contributed by atoms with E-state index < -0.39 is 34.2 Å². The van der Waals surface area contributed by atoms with E-state index >= 15 is 0 Å². The van der Waals surface area contributed by atoms with Crippen LogP contribution in [0, 0.1) is 0 Å². The highest BCUT2D eigenvalue weighted by atomic mass is 32.2. The summed E-state index contributed by atoms with van der Waals surface area (Å²) in [7, 11) is -3.98. The predicted octanol–water partition coefficient (Wildman–Crippen LogP) is 4.79. The Labute approximate surface area is 182 Å². The second kappa shape index (κ2) is 8.01. The Bertz CT molecular complexity index is 1300. The summed E-state index contributed by atoms with van der Waals surface area (Å²) in [4.78, 5) is 12.8. The molecule has 0 spiro atoms. The summed E-state index contributed by atoms with van der Waals surface area (Å²) < 4.78 is 71.9. The molecule has 1 N–H and O–H groups in total. The van der Waals surface area contributed by atoms with Crippen molar-refractivity contribution >= 4 is 38.1 Å². The summed E-state index contributed by atoms with van der Waals surface area (Å²) in [5, 5.41) is 3.60. The van der Waals surface area contributed by atoms with Gasteiger partial charge in [0.1, 0.15) is 12.3 Å². The molecule has 168 valence electrons. The van der Waals surface area contributed by atoms with Gasteiger partial charge in [0.05, 0.1) is 28.4 Å². The average molecular weight is 464 g/mol. The first-order chi connectivity index (χ1) is 15.1. The van der Waals surface area contributed by atoms with Gasteiger partial charge in [0.15, 0.2) is 0 Å². The second-order valence-electron chi connectivity index (χ2n) is 7.25. The summed E-state index contributed by atoms with van der Waals surface area (Å²) in [5.41, 5.74) is -0.784. The summed E-state index contributed by atoms with van der Waals surface area (Å²) >= 11 is 0. The Kier molecular flexibility index (Phi) is 5.49. The third kappa shape index (κ3) is 3.86. The summed E-state index contributed by atoms with van der Waals surface area (Å²) in [6, 6.07) is 12.6. The van der Waals surface area contributed by atoms with Gasteiger partial charge in [0.2, 0.25) is 5.91 Å². The number of nitrogens with one attached hydrogen (secondary N) is 1. The minimum absolute atomic E-state index is 0.0721. The zero-order valence-electron chi connectivity index (χ0n) is 16.9. The standard InChI is InChI=1S/C22H19F3N2O4S/c1-2-11-31-18-10-9-15(22(23,24)25)12-16(18)26-20(28)13-27-17-7-3-5-14-6-4-8-19(21(14)17)32(27,29)30/h3-10,12H,2,11,13H2,1H3,(H,26,28). The van der Waals surface area contributed by atoms with Crippen molar-refractivity contribution in [3.8, 4) is 5.75 Å². The van der Waals surface area contributed by atoms with Gasteiger partial charge in [-0.15, -0.1) is 0 Å². The van der Waals surface area contributed by atoms with Crippen LogP contribution >= 0.6 is 0 Å². The molecule has 0 radical (unpaired) electrons. The summed E-state index contributed by atoms with van der Waals surface area (Å²) in [6.45, 7) is 1.48. The Morgan fingerprint density at radius 3 is 2.50 bits per heavy atom. The zero-order chi connectivity index (χ0) is 23.1. The van der Waals surface area contributed by atoms with E-state index in [4.69, 9.17) is 4.74 Å². The molecule has 0 atom stereocenters. The van der Waals surface area contributed by atoms with Crippen LogP contribution < -0.4 is 14.4 Å². The highest BCUT2D eigenvalue weighted by Gasteiger charge is 2.37. The molecular weight excluding hydrogens is 445 g/mol. The highest BCUT2D eigenvalue weighted by molar-refractivity contribution is 7.93. The Morgan fingerprint density at radius 2 is 1.81 bits per heavy atom. The molecule has 1 amide bonds. The van der Waals surface area contributed by atoms with Crippen LogP contribution in [0.5, 0.6) is 5.75 Å². The number of nitrogens with zero attached hydrogens (tertiary/aromatic N) is 1. The number of sulfonamides is 1. The van der Waals surface area contributed by atoms with Crippen LogP contribution in [0.1, 0.15) is 18.9 Å². The molecule has 10 heteroatoms. The molecule has 1 aliphatic heterocycles. The van der Waals surface area contributed by atoms with Crippen molar-refractivity contribution in [2.24, 2.45) is 0 Å². The first-order valence-corrected chi connectivity index (χ1v) is 11.3. The van der Waals surface area contributed by atoms with Crippen molar-refractivity contribution in [2.45, 2.75) is 24.4 Å². The Hall–Kier alpha value is -3.27. The summed E-state index contributed by atoms with van der Waals surface area (Å²) in [5.74, 6) is -0.720. The molecule has 0 saturated carbocycles. The third-order valence-electron chi connectivity index (χ3n) is 5.01. The number of ether oxygens (including phenoxy) is 1. The lowest BCUT2D eigenvalue weighted by molar-refractivity contribution is -0.137. The maximum absolute atomic E-state index is 13.2. The van der Waals surface area contributed by atoms with Crippen molar-refractivity contribution in [3.05, 3.63) is 60.2 Å². The molecular formula is C22H19F3N2O4S. The molecule has 4 rings (SSSR count). The van der Waals surface area contributed by atoms with Gasteiger partial charge in [0, 0.05) is 5.39 Å². The van der Waals surface area contributed by atoms with E-state index in [-0.39, 0.29) is 22.9 Å². The number of hydrogen-bond donors (Lipinski definition) is 1. The SMILES string of the molecule is CCCOc1ccc(C(F)(F)F)cc1NC(=O)CN1c2cccc3cccc(c23)S1(=O)=O. The van der Waals surface area contributed by atoms with Crippen molar-refractivity contribution in [3.63, 3.8) is 0 Å². The first kappa shape index (κ1) is 21.9. The molecule has 0 saturated heterocycles. The van der Waals surface area contributed by atoms with Crippen molar-refractivity contribution in [1.82, 2.24) is 0 Å². The second-order valence-corrected chi connectivity index (χ2v) is 9.08. The predicted molar refractivity (Wildman–Crippen MR) is 114 cm³/mol. The van der Waals surface area contributed by atoms with Gasteiger partial charge < -0.3 is 10.1 Å². The number of amides is 1. The molecule has 6 nitrogen and oxygen atoms in total. The van der Waals surface area contributed by atoms with Gasteiger partial charge in [-0.25, -0.2) is 8.42 Å².